The van der Waals surface area contributed by atoms with Crippen molar-refractivity contribution >= 4 is 17.3 Å². The van der Waals surface area contributed by atoms with Crippen LogP contribution in [0.25, 0.3) is 0 Å². The molecule has 0 radical (unpaired) electrons. The fraction of sp³-hybridized carbons (Fsp3) is 0.462. The summed E-state index contributed by atoms with van der Waals surface area (Å²) in [7, 11) is 1.48. The third kappa shape index (κ3) is 4.38. The van der Waals surface area contributed by atoms with E-state index in [-0.39, 0.29) is 23.9 Å². The second-order valence-corrected chi connectivity index (χ2v) is 4.47. The molecular formula is C13H18FN3O4. The topological polar surface area (TPSA) is 93.5 Å². The lowest BCUT2D eigenvalue weighted by Gasteiger charge is -2.14. The summed E-state index contributed by atoms with van der Waals surface area (Å²) in [5, 5.41) is 16.2. The number of benzene rings is 1. The van der Waals surface area contributed by atoms with Crippen LogP contribution in [-0.4, -0.2) is 37.1 Å². The highest BCUT2D eigenvalue weighted by Gasteiger charge is 2.24. The number of amides is 1. The largest absolute Gasteiger partial charge is 0.383 e. The van der Waals surface area contributed by atoms with Gasteiger partial charge in [0.15, 0.2) is 5.82 Å². The summed E-state index contributed by atoms with van der Waals surface area (Å²) in [5.41, 5.74) is -0.718. The molecule has 7 nitrogen and oxygen atoms in total. The van der Waals surface area contributed by atoms with Crippen molar-refractivity contribution in [1.29, 1.82) is 0 Å². The fourth-order valence-electron chi connectivity index (χ4n) is 1.81. The Hall–Kier alpha value is -2.22. The molecule has 0 spiro atoms. The lowest BCUT2D eigenvalue weighted by molar-refractivity contribution is -0.385. The first-order valence-electron chi connectivity index (χ1n) is 6.42. The SMILES string of the molecule is CCNc1cc(C(=O)NC(C)COC)c([N+](=O)[O-])cc1F. The Kier molecular flexibility index (Phi) is 6.04. The van der Waals surface area contributed by atoms with E-state index >= 15 is 0 Å². The Labute approximate surface area is 121 Å². The van der Waals surface area contributed by atoms with Crippen LogP contribution in [0.15, 0.2) is 12.1 Å². The Morgan fingerprint density at radius 2 is 2.19 bits per heavy atom. The van der Waals surface area contributed by atoms with E-state index in [1.807, 2.05) is 0 Å². The number of methoxy groups -OCH3 is 1. The van der Waals surface area contributed by atoms with Crippen LogP contribution in [0.5, 0.6) is 0 Å². The van der Waals surface area contributed by atoms with E-state index in [1.165, 1.54) is 7.11 Å². The van der Waals surface area contributed by atoms with Gasteiger partial charge in [-0.2, -0.15) is 0 Å². The lowest BCUT2D eigenvalue weighted by Crippen LogP contribution is -2.36. The molecule has 0 heterocycles. The highest BCUT2D eigenvalue weighted by Crippen LogP contribution is 2.26. The van der Waals surface area contributed by atoms with E-state index in [9.17, 15) is 19.3 Å². The number of halogens is 1. The van der Waals surface area contributed by atoms with Crippen LogP contribution in [0.1, 0.15) is 24.2 Å². The maximum Gasteiger partial charge on any atom is 0.285 e. The molecule has 0 fully saturated rings. The van der Waals surface area contributed by atoms with Crippen molar-refractivity contribution in [1.82, 2.24) is 5.32 Å². The van der Waals surface area contributed by atoms with Crippen LogP contribution in [0.2, 0.25) is 0 Å². The van der Waals surface area contributed by atoms with Crippen LogP contribution in [0.3, 0.4) is 0 Å². The number of carbonyl (C=O) groups excluding carboxylic acids is 1. The highest BCUT2D eigenvalue weighted by atomic mass is 19.1. The minimum Gasteiger partial charge on any atom is -0.383 e. The molecule has 1 atom stereocenters. The zero-order chi connectivity index (χ0) is 16.0. The van der Waals surface area contributed by atoms with Crippen LogP contribution in [0, 0.1) is 15.9 Å². The van der Waals surface area contributed by atoms with Crippen molar-refractivity contribution in [3.05, 3.63) is 33.6 Å². The standard InChI is InChI=1S/C13H18FN3O4/c1-4-15-11-5-9(12(17(19)20)6-10(11)14)13(18)16-8(2)7-21-3/h5-6,8,15H,4,7H2,1-3H3,(H,16,18). The number of nitro groups is 1. The molecule has 1 unspecified atom stereocenters. The van der Waals surface area contributed by atoms with E-state index in [0.717, 1.165) is 12.1 Å². The molecule has 1 amide bonds. The summed E-state index contributed by atoms with van der Waals surface area (Å²) in [6.07, 6.45) is 0. The molecule has 0 saturated heterocycles. The van der Waals surface area contributed by atoms with Gasteiger partial charge in [0.05, 0.1) is 23.3 Å². The van der Waals surface area contributed by atoms with E-state index in [4.69, 9.17) is 4.74 Å². The number of nitrogens with one attached hydrogen (secondary N) is 2. The minimum atomic E-state index is -0.783. The summed E-state index contributed by atoms with van der Waals surface area (Å²) in [5.74, 6) is -1.42. The van der Waals surface area contributed by atoms with Crippen molar-refractivity contribution in [3.8, 4) is 0 Å². The zero-order valence-corrected chi connectivity index (χ0v) is 12.1. The molecule has 21 heavy (non-hydrogen) atoms. The first-order chi connectivity index (χ1) is 9.90. The molecule has 0 aliphatic rings. The van der Waals surface area contributed by atoms with Crippen LogP contribution in [-0.2, 0) is 4.74 Å². The third-order valence-electron chi connectivity index (χ3n) is 2.69. The molecule has 2 N–H and O–H groups in total. The molecule has 0 aliphatic heterocycles. The van der Waals surface area contributed by atoms with Gasteiger partial charge in [0.1, 0.15) is 5.56 Å². The number of ether oxygens (including phenoxy) is 1. The molecular weight excluding hydrogens is 281 g/mol. The van der Waals surface area contributed by atoms with Gasteiger partial charge in [-0.25, -0.2) is 4.39 Å². The summed E-state index contributed by atoms with van der Waals surface area (Å²) in [6, 6.07) is 1.56. The summed E-state index contributed by atoms with van der Waals surface area (Å²) < 4.78 is 18.6. The Morgan fingerprint density at radius 1 is 1.52 bits per heavy atom. The van der Waals surface area contributed by atoms with Gasteiger partial charge in [0, 0.05) is 19.7 Å². The molecule has 8 heteroatoms. The number of anilines is 1. The minimum absolute atomic E-state index is 0.0487. The molecule has 1 rings (SSSR count). The molecule has 0 aliphatic carbocycles. The summed E-state index contributed by atoms with van der Waals surface area (Å²) in [4.78, 5) is 22.3. The van der Waals surface area contributed by atoms with Gasteiger partial charge in [0.25, 0.3) is 11.6 Å². The van der Waals surface area contributed by atoms with Crippen molar-refractivity contribution in [2.45, 2.75) is 19.9 Å². The van der Waals surface area contributed by atoms with E-state index in [0.29, 0.717) is 6.54 Å². The van der Waals surface area contributed by atoms with Crippen molar-refractivity contribution in [3.63, 3.8) is 0 Å². The van der Waals surface area contributed by atoms with Crippen molar-refractivity contribution in [2.24, 2.45) is 0 Å². The summed E-state index contributed by atoms with van der Waals surface area (Å²) >= 11 is 0. The monoisotopic (exact) mass is 299 g/mol. The van der Waals surface area contributed by atoms with E-state index < -0.39 is 22.3 Å². The van der Waals surface area contributed by atoms with Crippen LogP contribution in [0.4, 0.5) is 15.8 Å². The predicted molar refractivity (Wildman–Crippen MR) is 76.0 cm³/mol. The maximum absolute atomic E-state index is 13.7. The van der Waals surface area contributed by atoms with Gasteiger partial charge >= 0.3 is 0 Å². The average Bonchev–Trinajstić information content (AvgIpc) is 2.40. The zero-order valence-electron chi connectivity index (χ0n) is 12.1. The normalized spacial score (nSPS) is 11.8. The molecule has 116 valence electrons. The van der Waals surface area contributed by atoms with Gasteiger partial charge in [-0.05, 0) is 19.9 Å². The number of rotatable bonds is 7. The molecule has 1 aromatic rings. The van der Waals surface area contributed by atoms with Crippen LogP contribution < -0.4 is 10.6 Å². The maximum atomic E-state index is 13.7. The van der Waals surface area contributed by atoms with Gasteiger partial charge in [-0.3, -0.25) is 14.9 Å². The van der Waals surface area contributed by atoms with Crippen molar-refractivity contribution in [2.75, 3.05) is 25.6 Å². The second-order valence-electron chi connectivity index (χ2n) is 4.47. The quantitative estimate of drug-likeness (QED) is 0.592. The van der Waals surface area contributed by atoms with Gasteiger partial charge in [0.2, 0.25) is 0 Å². The first-order valence-corrected chi connectivity index (χ1v) is 6.42. The number of nitro benzene ring substituents is 1. The first kappa shape index (κ1) is 16.8. The van der Waals surface area contributed by atoms with Crippen molar-refractivity contribution < 1.29 is 18.8 Å². The number of nitrogens with zero attached hydrogens (tertiary/aromatic N) is 1. The number of hydrogen-bond donors (Lipinski definition) is 2. The highest BCUT2D eigenvalue weighted by molar-refractivity contribution is 5.99. The van der Waals surface area contributed by atoms with Crippen LogP contribution >= 0.6 is 0 Å². The summed E-state index contributed by atoms with van der Waals surface area (Å²) in [6.45, 7) is 4.14. The molecule has 0 aromatic heterocycles. The molecule has 1 aromatic carbocycles. The molecule has 0 saturated carbocycles. The van der Waals surface area contributed by atoms with E-state index in [2.05, 4.69) is 10.6 Å². The Bertz CT molecular complexity index is 536. The van der Waals surface area contributed by atoms with E-state index in [1.54, 1.807) is 13.8 Å². The average molecular weight is 299 g/mol. The van der Waals surface area contributed by atoms with Gasteiger partial charge in [-0.15, -0.1) is 0 Å². The van der Waals surface area contributed by atoms with Gasteiger partial charge in [-0.1, -0.05) is 0 Å². The number of hydrogen-bond acceptors (Lipinski definition) is 5. The van der Waals surface area contributed by atoms with Gasteiger partial charge < -0.3 is 15.4 Å². The number of carbonyl (C=O) groups is 1. The third-order valence-corrected chi connectivity index (χ3v) is 2.69. The Balaban J connectivity index is 3.15. The smallest absolute Gasteiger partial charge is 0.285 e. The lowest BCUT2D eigenvalue weighted by atomic mass is 10.1. The predicted octanol–water partition coefficient (Wildman–Crippen LogP) is 1.93. The fourth-order valence-corrected chi connectivity index (χ4v) is 1.81. The second kappa shape index (κ2) is 7.53. The molecule has 0 bridgehead atoms. The Morgan fingerprint density at radius 3 is 2.71 bits per heavy atom.